The van der Waals surface area contributed by atoms with E-state index in [1.807, 2.05) is 23.6 Å². The fourth-order valence-corrected chi connectivity index (χ4v) is 1.34. The van der Waals surface area contributed by atoms with Gasteiger partial charge in [0.15, 0.2) is 5.84 Å². The zero-order valence-corrected chi connectivity index (χ0v) is 7.91. The van der Waals surface area contributed by atoms with Crippen LogP contribution in [-0.2, 0) is 0 Å². The van der Waals surface area contributed by atoms with E-state index in [0.29, 0.717) is 0 Å². The van der Waals surface area contributed by atoms with Gasteiger partial charge in [-0.1, -0.05) is 30.3 Å². The van der Waals surface area contributed by atoms with Crippen molar-refractivity contribution in [3.8, 4) is 0 Å². The van der Waals surface area contributed by atoms with Gasteiger partial charge >= 0.3 is 0 Å². The molecule has 68 valence electrons. The standard InChI is InChI=1S/C10H13N3/c1-10(2)11-9(12-13-10)8-6-4-3-5-7-8/h3-7,13H,1-2H3,(H,11,12)/p+1. The highest BCUT2D eigenvalue weighted by molar-refractivity contribution is 5.98. The van der Waals surface area contributed by atoms with E-state index >= 15 is 0 Å². The first-order chi connectivity index (χ1) is 6.17. The minimum absolute atomic E-state index is 0.0782. The van der Waals surface area contributed by atoms with Crippen molar-refractivity contribution in [3.63, 3.8) is 0 Å². The van der Waals surface area contributed by atoms with Crippen LogP contribution in [0.15, 0.2) is 35.3 Å². The molecule has 0 amide bonds. The molecular formula is C10H14N3+. The van der Waals surface area contributed by atoms with Gasteiger partial charge in [-0.2, -0.15) is 0 Å². The summed E-state index contributed by atoms with van der Waals surface area (Å²) in [6.45, 7) is 4.16. The van der Waals surface area contributed by atoms with Gasteiger partial charge in [0.1, 0.15) is 0 Å². The molecular weight excluding hydrogens is 162 g/mol. The Kier molecular flexibility index (Phi) is 1.81. The summed E-state index contributed by atoms with van der Waals surface area (Å²) in [5, 5.41) is 0. The lowest BCUT2D eigenvalue weighted by molar-refractivity contribution is -0.747. The van der Waals surface area contributed by atoms with Crippen LogP contribution in [0.25, 0.3) is 0 Å². The topological polar surface area (TPSA) is 41.0 Å². The van der Waals surface area contributed by atoms with Crippen LogP contribution < -0.4 is 10.9 Å². The molecule has 0 aromatic heterocycles. The molecule has 0 aliphatic carbocycles. The Hall–Kier alpha value is -1.35. The van der Waals surface area contributed by atoms with Gasteiger partial charge < -0.3 is 0 Å². The fraction of sp³-hybridized carbons (Fsp3) is 0.300. The number of benzene rings is 1. The van der Waals surface area contributed by atoms with Crippen molar-refractivity contribution in [1.82, 2.24) is 5.43 Å². The lowest BCUT2D eigenvalue weighted by Crippen LogP contribution is -2.99. The van der Waals surface area contributed by atoms with Crippen molar-refractivity contribution in [3.05, 3.63) is 35.9 Å². The molecule has 13 heavy (non-hydrogen) atoms. The van der Waals surface area contributed by atoms with Crippen molar-refractivity contribution in [2.24, 2.45) is 4.99 Å². The summed E-state index contributed by atoms with van der Waals surface area (Å²) in [5.41, 5.74) is 6.26. The zero-order chi connectivity index (χ0) is 9.31. The number of hydrogen-bond acceptors (Lipinski definition) is 2. The lowest BCUT2D eigenvalue weighted by atomic mass is 10.2. The maximum atomic E-state index is 4.54. The van der Waals surface area contributed by atoms with E-state index in [2.05, 4.69) is 36.4 Å². The highest BCUT2D eigenvalue weighted by Crippen LogP contribution is 2.06. The molecule has 0 unspecified atom stereocenters. The highest BCUT2D eigenvalue weighted by atomic mass is 15.5. The normalized spacial score (nSPS) is 19.4. The maximum Gasteiger partial charge on any atom is 0.207 e. The minimum atomic E-state index is -0.0782. The molecule has 1 aliphatic heterocycles. The Labute approximate surface area is 77.9 Å². The van der Waals surface area contributed by atoms with Crippen LogP contribution in [0.1, 0.15) is 19.4 Å². The van der Waals surface area contributed by atoms with Gasteiger partial charge in [-0.05, 0) is 0 Å². The SMILES string of the molecule is CC1(C)N=C(c2ccccc2)N[NH2+]1. The first-order valence-corrected chi connectivity index (χ1v) is 4.44. The second-order valence-corrected chi connectivity index (χ2v) is 3.77. The molecule has 0 spiro atoms. The van der Waals surface area contributed by atoms with Crippen molar-refractivity contribution in [1.29, 1.82) is 0 Å². The molecule has 0 saturated carbocycles. The number of aliphatic imine (C=N–C) groups is 1. The third-order valence-corrected chi connectivity index (χ3v) is 2.01. The van der Waals surface area contributed by atoms with Gasteiger partial charge in [-0.3, -0.25) is 0 Å². The molecule has 0 bridgehead atoms. The minimum Gasteiger partial charge on any atom is -0.222 e. The van der Waals surface area contributed by atoms with Gasteiger partial charge in [0, 0.05) is 19.4 Å². The summed E-state index contributed by atoms with van der Waals surface area (Å²) in [4.78, 5) is 4.54. The van der Waals surface area contributed by atoms with Crippen molar-refractivity contribution in [2.75, 3.05) is 0 Å². The number of nitrogens with one attached hydrogen (secondary N) is 1. The second-order valence-electron chi connectivity index (χ2n) is 3.77. The van der Waals surface area contributed by atoms with Crippen LogP contribution in [0.3, 0.4) is 0 Å². The van der Waals surface area contributed by atoms with E-state index in [4.69, 9.17) is 0 Å². The predicted octanol–water partition coefficient (Wildman–Crippen LogP) is 0.251. The third kappa shape index (κ3) is 1.70. The van der Waals surface area contributed by atoms with Crippen LogP contribution in [0, 0.1) is 0 Å². The number of rotatable bonds is 1. The third-order valence-electron chi connectivity index (χ3n) is 2.01. The van der Waals surface area contributed by atoms with Crippen LogP contribution >= 0.6 is 0 Å². The predicted molar refractivity (Wildman–Crippen MR) is 52.1 cm³/mol. The Bertz CT molecular complexity index is 327. The average molecular weight is 176 g/mol. The summed E-state index contributed by atoms with van der Waals surface area (Å²) in [6.07, 6.45) is 0. The number of quaternary nitrogens is 1. The molecule has 0 saturated heterocycles. The van der Waals surface area contributed by atoms with Crippen LogP contribution in [-0.4, -0.2) is 11.5 Å². The number of nitrogens with two attached hydrogens (primary N) is 1. The monoisotopic (exact) mass is 176 g/mol. The summed E-state index contributed by atoms with van der Waals surface area (Å²) < 4.78 is 0. The Morgan fingerprint density at radius 3 is 2.46 bits per heavy atom. The number of amidine groups is 1. The van der Waals surface area contributed by atoms with Crippen molar-refractivity contribution < 1.29 is 5.43 Å². The first kappa shape index (κ1) is 8.26. The van der Waals surface area contributed by atoms with Crippen LogP contribution in [0.4, 0.5) is 0 Å². The maximum absolute atomic E-state index is 4.54. The first-order valence-electron chi connectivity index (χ1n) is 4.44. The molecule has 1 heterocycles. The Morgan fingerprint density at radius 2 is 1.92 bits per heavy atom. The Balaban J connectivity index is 2.30. The zero-order valence-electron chi connectivity index (χ0n) is 7.91. The Morgan fingerprint density at radius 1 is 1.23 bits per heavy atom. The van der Waals surface area contributed by atoms with E-state index in [9.17, 15) is 0 Å². The largest absolute Gasteiger partial charge is 0.222 e. The molecule has 0 atom stereocenters. The summed E-state index contributed by atoms with van der Waals surface area (Å²) in [6, 6.07) is 10.2. The highest BCUT2D eigenvalue weighted by Gasteiger charge is 2.28. The molecule has 1 aliphatic rings. The van der Waals surface area contributed by atoms with Gasteiger partial charge in [0.2, 0.25) is 5.66 Å². The van der Waals surface area contributed by atoms with E-state index in [1.165, 1.54) is 0 Å². The molecule has 0 fully saturated rings. The van der Waals surface area contributed by atoms with Crippen molar-refractivity contribution >= 4 is 5.84 Å². The molecule has 2 rings (SSSR count). The molecule has 0 radical (unpaired) electrons. The van der Waals surface area contributed by atoms with Crippen LogP contribution in [0.5, 0.6) is 0 Å². The molecule has 1 aromatic rings. The fourth-order valence-electron chi connectivity index (χ4n) is 1.34. The van der Waals surface area contributed by atoms with Gasteiger partial charge in [0.05, 0.1) is 0 Å². The summed E-state index contributed by atoms with van der Waals surface area (Å²) in [7, 11) is 0. The smallest absolute Gasteiger partial charge is 0.207 e. The average Bonchev–Trinajstić information content (AvgIpc) is 2.48. The quantitative estimate of drug-likeness (QED) is 0.592. The molecule has 3 N–H and O–H groups in total. The van der Waals surface area contributed by atoms with Gasteiger partial charge in [0.25, 0.3) is 0 Å². The van der Waals surface area contributed by atoms with Gasteiger partial charge in [-0.25, -0.2) is 15.8 Å². The van der Waals surface area contributed by atoms with Gasteiger partial charge in [-0.15, -0.1) is 0 Å². The molecule has 3 heteroatoms. The van der Waals surface area contributed by atoms with Crippen molar-refractivity contribution in [2.45, 2.75) is 19.5 Å². The number of hydrogen-bond donors (Lipinski definition) is 2. The van der Waals surface area contributed by atoms with E-state index in [-0.39, 0.29) is 5.66 Å². The van der Waals surface area contributed by atoms with E-state index < -0.39 is 0 Å². The van der Waals surface area contributed by atoms with Crippen LogP contribution in [0.2, 0.25) is 0 Å². The number of nitrogens with zero attached hydrogens (tertiary/aromatic N) is 1. The second kappa shape index (κ2) is 2.85. The molecule has 1 aromatic carbocycles. The molecule has 3 nitrogen and oxygen atoms in total. The van der Waals surface area contributed by atoms with E-state index in [0.717, 1.165) is 11.4 Å². The summed E-state index contributed by atoms with van der Waals surface area (Å²) in [5.74, 6) is 0.964. The van der Waals surface area contributed by atoms with E-state index in [1.54, 1.807) is 0 Å². The summed E-state index contributed by atoms with van der Waals surface area (Å²) >= 11 is 0. The lowest BCUT2D eigenvalue weighted by Gasteiger charge is -2.06.